The van der Waals surface area contributed by atoms with E-state index >= 15 is 0 Å². The van der Waals surface area contributed by atoms with Crippen LogP contribution in [-0.4, -0.2) is 44.9 Å². The molecular weight excluding hydrogens is 304 g/mol. The average Bonchev–Trinajstić information content (AvgIpc) is 2.85. The molecule has 0 spiro atoms. The van der Waals surface area contributed by atoms with Crippen LogP contribution in [0, 0.1) is 0 Å². The van der Waals surface area contributed by atoms with Crippen molar-refractivity contribution in [2.75, 3.05) is 20.2 Å². The van der Waals surface area contributed by atoms with Gasteiger partial charge in [0.1, 0.15) is 0 Å². The molecule has 1 aliphatic heterocycles. The van der Waals surface area contributed by atoms with Crippen LogP contribution in [0.3, 0.4) is 0 Å². The van der Waals surface area contributed by atoms with Crippen molar-refractivity contribution in [2.24, 2.45) is 5.73 Å². The van der Waals surface area contributed by atoms with Gasteiger partial charge < -0.3 is 10.5 Å². The largest absolute Gasteiger partial charge is 0.465 e. The number of ether oxygens (including phenoxy) is 1. The Kier molecular flexibility index (Phi) is 5.52. The van der Waals surface area contributed by atoms with Gasteiger partial charge in [0, 0.05) is 19.1 Å². The van der Waals surface area contributed by atoms with E-state index in [1.165, 1.54) is 23.5 Å². The summed E-state index contributed by atoms with van der Waals surface area (Å²) in [4.78, 5) is 11.6. The van der Waals surface area contributed by atoms with E-state index in [1.54, 1.807) is 12.1 Å². The Morgan fingerprint density at radius 2 is 2.05 bits per heavy atom. The minimum atomic E-state index is -3.70. The lowest BCUT2D eigenvalue weighted by Crippen LogP contribution is -2.32. The third-order valence-electron chi connectivity index (χ3n) is 3.10. The molecule has 2 N–H and O–H groups in total. The Balaban J connectivity index is 0.00000200. The van der Waals surface area contributed by atoms with Crippen LogP contribution in [0.4, 0.5) is 0 Å². The predicted molar refractivity (Wildman–Crippen MR) is 76.4 cm³/mol. The summed E-state index contributed by atoms with van der Waals surface area (Å²) in [6.45, 7) is 0.650. The number of halogens is 1. The molecule has 0 radical (unpaired) electrons. The van der Waals surface area contributed by atoms with Gasteiger partial charge in [0.15, 0.2) is 0 Å². The highest BCUT2D eigenvalue weighted by Gasteiger charge is 2.33. The molecule has 6 nitrogen and oxygen atoms in total. The van der Waals surface area contributed by atoms with Gasteiger partial charge in [-0.2, -0.15) is 4.31 Å². The molecule has 1 saturated heterocycles. The van der Waals surface area contributed by atoms with Gasteiger partial charge in [-0.05, 0) is 18.6 Å². The molecule has 1 aromatic rings. The number of rotatable bonds is 3. The Morgan fingerprint density at radius 1 is 1.40 bits per heavy atom. The van der Waals surface area contributed by atoms with E-state index in [1.807, 2.05) is 0 Å². The molecule has 2 rings (SSSR count). The summed E-state index contributed by atoms with van der Waals surface area (Å²) in [5.41, 5.74) is 5.77. The van der Waals surface area contributed by atoms with Crippen molar-refractivity contribution in [1.82, 2.24) is 4.31 Å². The number of methoxy groups -OCH3 is 1. The zero-order valence-electron chi connectivity index (χ0n) is 11.0. The second kappa shape index (κ2) is 6.53. The fourth-order valence-corrected chi connectivity index (χ4v) is 3.77. The second-order valence-corrected chi connectivity index (χ2v) is 6.31. The number of carbonyl (C=O) groups is 1. The van der Waals surface area contributed by atoms with E-state index in [9.17, 15) is 13.2 Å². The second-order valence-electron chi connectivity index (χ2n) is 4.40. The summed E-state index contributed by atoms with van der Waals surface area (Å²) < 4.78 is 30.9. The average molecular weight is 321 g/mol. The number of nitrogens with zero attached hydrogens (tertiary/aromatic N) is 1. The standard InChI is InChI=1S/C12H16N2O4S.ClH/c1-18-12(15)10-4-2-3-5-11(10)19(16,17)14-7-6-9(13)8-14;/h2-5,9H,6-8,13H2,1H3;1H/t9-;/m1./s1. The molecule has 1 aliphatic rings. The normalized spacial score (nSPS) is 19.4. The van der Waals surface area contributed by atoms with Gasteiger partial charge >= 0.3 is 5.97 Å². The van der Waals surface area contributed by atoms with Crippen LogP contribution in [0.1, 0.15) is 16.8 Å². The summed E-state index contributed by atoms with van der Waals surface area (Å²) in [6.07, 6.45) is 0.625. The summed E-state index contributed by atoms with van der Waals surface area (Å²) in [5.74, 6) is -0.664. The minimum absolute atomic E-state index is 0. The smallest absolute Gasteiger partial charge is 0.339 e. The Morgan fingerprint density at radius 3 is 2.60 bits per heavy atom. The van der Waals surface area contributed by atoms with Crippen LogP contribution in [0.5, 0.6) is 0 Å². The molecule has 0 amide bonds. The highest BCUT2D eigenvalue weighted by Crippen LogP contribution is 2.23. The van der Waals surface area contributed by atoms with Gasteiger partial charge in [0.2, 0.25) is 10.0 Å². The molecule has 0 aromatic heterocycles. The summed E-state index contributed by atoms with van der Waals surface area (Å²) in [5, 5.41) is 0. The zero-order chi connectivity index (χ0) is 14.0. The van der Waals surface area contributed by atoms with Gasteiger partial charge in [-0.25, -0.2) is 13.2 Å². The third kappa shape index (κ3) is 3.12. The number of hydrogen-bond donors (Lipinski definition) is 1. The number of carbonyl (C=O) groups excluding carboxylic acids is 1. The molecule has 112 valence electrons. The maximum absolute atomic E-state index is 12.5. The molecule has 1 aromatic carbocycles. The monoisotopic (exact) mass is 320 g/mol. The topological polar surface area (TPSA) is 89.7 Å². The maximum Gasteiger partial charge on any atom is 0.339 e. The lowest BCUT2D eigenvalue weighted by molar-refractivity contribution is 0.0596. The molecule has 0 bridgehead atoms. The lowest BCUT2D eigenvalue weighted by Gasteiger charge is -2.17. The molecule has 0 aliphatic carbocycles. The van der Waals surface area contributed by atoms with E-state index in [0.717, 1.165) is 0 Å². The van der Waals surface area contributed by atoms with Crippen molar-refractivity contribution >= 4 is 28.4 Å². The van der Waals surface area contributed by atoms with Crippen molar-refractivity contribution in [2.45, 2.75) is 17.4 Å². The number of hydrogen-bond acceptors (Lipinski definition) is 5. The Labute approximate surface area is 124 Å². The van der Waals surface area contributed by atoms with Gasteiger partial charge in [-0.15, -0.1) is 12.4 Å². The van der Waals surface area contributed by atoms with Crippen LogP contribution in [0.25, 0.3) is 0 Å². The highest BCUT2D eigenvalue weighted by molar-refractivity contribution is 7.89. The summed E-state index contributed by atoms with van der Waals surface area (Å²) in [6, 6.07) is 5.87. The molecule has 1 atom stereocenters. The highest BCUT2D eigenvalue weighted by atomic mass is 35.5. The van der Waals surface area contributed by atoms with Crippen LogP contribution in [0.15, 0.2) is 29.2 Å². The maximum atomic E-state index is 12.5. The molecule has 20 heavy (non-hydrogen) atoms. The number of sulfonamides is 1. The first-order valence-electron chi connectivity index (χ1n) is 5.90. The van der Waals surface area contributed by atoms with Crippen molar-refractivity contribution in [3.8, 4) is 0 Å². The molecule has 0 saturated carbocycles. The SMILES string of the molecule is COC(=O)c1ccccc1S(=O)(=O)N1CC[C@@H](N)C1.Cl. The minimum Gasteiger partial charge on any atom is -0.465 e. The molecule has 0 unspecified atom stereocenters. The first-order valence-corrected chi connectivity index (χ1v) is 7.34. The first-order chi connectivity index (χ1) is 8.96. The van der Waals surface area contributed by atoms with Gasteiger partial charge in [0.25, 0.3) is 0 Å². The summed E-state index contributed by atoms with van der Waals surface area (Å²) in [7, 11) is -2.49. The van der Waals surface area contributed by atoms with E-state index in [2.05, 4.69) is 4.74 Å². The van der Waals surface area contributed by atoms with Crippen LogP contribution in [-0.2, 0) is 14.8 Å². The van der Waals surface area contributed by atoms with Gasteiger partial charge in [0.05, 0.1) is 17.6 Å². The predicted octanol–water partition coefficient (Wildman–Crippen LogP) is 0.617. The fraction of sp³-hybridized carbons (Fsp3) is 0.417. The first kappa shape index (κ1) is 16.9. The van der Waals surface area contributed by atoms with Crippen molar-refractivity contribution in [3.63, 3.8) is 0 Å². The van der Waals surface area contributed by atoms with Crippen molar-refractivity contribution < 1.29 is 17.9 Å². The van der Waals surface area contributed by atoms with Crippen molar-refractivity contribution in [1.29, 1.82) is 0 Å². The van der Waals surface area contributed by atoms with Gasteiger partial charge in [-0.3, -0.25) is 0 Å². The van der Waals surface area contributed by atoms with Crippen LogP contribution >= 0.6 is 12.4 Å². The van der Waals surface area contributed by atoms with E-state index in [-0.39, 0.29) is 35.5 Å². The Bertz CT molecular complexity index is 591. The zero-order valence-corrected chi connectivity index (χ0v) is 12.6. The third-order valence-corrected chi connectivity index (χ3v) is 5.02. The van der Waals surface area contributed by atoms with Gasteiger partial charge in [-0.1, -0.05) is 12.1 Å². The van der Waals surface area contributed by atoms with E-state index in [0.29, 0.717) is 13.0 Å². The van der Waals surface area contributed by atoms with Crippen molar-refractivity contribution in [3.05, 3.63) is 29.8 Å². The number of benzene rings is 1. The van der Waals surface area contributed by atoms with E-state index in [4.69, 9.17) is 5.73 Å². The molecule has 8 heteroatoms. The van der Waals surface area contributed by atoms with E-state index < -0.39 is 16.0 Å². The lowest BCUT2D eigenvalue weighted by atomic mass is 10.2. The Hall–Kier alpha value is -1.15. The number of esters is 1. The quantitative estimate of drug-likeness (QED) is 0.824. The molecular formula is C12H17ClN2O4S. The molecule has 1 heterocycles. The molecule has 1 fully saturated rings. The summed E-state index contributed by atoms with van der Waals surface area (Å²) >= 11 is 0. The number of nitrogens with two attached hydrogens (primary N) is 1. The fourth-order valence-electron chi connectivity index (χ4n) is 2.08. The van der Waals surface area contributed by atoms with Crippen LogP contribution in [0.2, 0.25) is 0 Å². The van der Waals surface area contributed by atoms with Crippen LogP contribution < -0.4 is 5.73 Å².